The molecule has 0 atom stereocenters. The average molecular weight is 259 g/mol. The van der Waals surface area contributed by atoms with Crippen LogP contribution in [0.4, 0.5) is 0 Å². The topological polar surface area (TPSA) is 20.2 Å². The number of aliphatic hydroxyl groups is 1. The van der Waals surface area contributed by atoms with Crippen LogP contribution in [0.3, 0.4) is 0 Å². The quantitative estimate of drug-likeness (QED) is 0.839. The molecule has 0 spiro atoms. The average Bonchev–Trinajstić information content (AvgIpc) is 2.15. The van der Waals surface area contributed by atoms with Crippen LogP contribution in [-0.2, 0) is 0 Å². The Kier molecular flexibility index (Phi) is 4.56. The van der Waals surface area contributed by atoms with Gasteiger partial charge in [-0.25, -0.2) is 0 Å². The Morgan fingerprint density at radius 2 is 2.00 bits per heavy atom. The van der Waals surface area contributed by atoms with E-state index in [2.05, 4.69) is 15.9 Å². The molecule has 0 saturated carbocycles. The Morgan fingerprint density at radius 1 is 1.38 bits per heavy atom. The van der Waals surface area contributed by atoms with Crippen LogP contribution in [0, 0.1) is 0 Å². The molecule has 70 valence electrons. The van der Waals surface area contributed by atoms with E-state index in [4.69, 9.17) is 5.11 Å². The number of allylic oxidation sites excluding steroid dienone is 1. The SMILES string of the molecule is C/C(Br)=C(/CO)Sc1ccccc1. The van der Waals surface area contributed by atoms with E-state index < -0.39 is 0 Å². The van der Waals surface area contributed by atoms with Gasteiger partial charge in [0.2, 0.25) is 0 Å². The third kappa shape index (κ3) is 3.55. The van der Waals surface area contributed by atoms with Crippen molar-refractivity contribution in [3.8, 4) is 0 Å². The van der Waals surface area contributed by atoms with Crippen molar-refractivity contribution in [2.75, 3.05) is 6.61 Å². The molecule has 13 heavy (non-hydrogen) atoms. The second-order valence-electron chi connectivity index (χ2n) is 2.53. The van der Waals surface area contributed by atoms with Gasteiger partial charge in [0.15, 0.2) is 0 Å². The zero-order chi connectivity index (χ0) is 9.68. The molecule has 1 aromatic rings. The van der Waals surface area contributed by atoms with Crippen LogP contribution in [0.2, 0.25) is 0 Å². The van der Waals surface area contributed by atoms with Gasteiger partial charge in [-0.15, -0.1) is 0 Å². The van der Waals surface area contributed by atoms with E-state index in [-0.39, 0.29) is 6.61 Å². The molecule has 1 rings (SSSR count). The second kappa shape index (κ2) is 5.47. The molecule has 0 fully saturated rings. The molecule has 1 nitrogen and oxygen atoms in total. The van der Waals surface area contributed by atoms with Gasteiger partial charge in [-0.1, -0.05) is 45.9 Å². The van der Waals surface area contributed by atoms with E-state index >= 15 is 0 Å². The zero-order valence-electron chi connectivity index (χ0n) is 7.33. The minimum absolute atomic E-state index is 0.0800. The predicted molar refractivity (Wildman–Crippen MR) is 61.0 cm³/mol. The summed E-state index contributed by atoms with van der Waals surface area (Å²) in [6, 6.07) is 10.0. The molecule has 1 N–H and O–H groups in total. The molecule has 0 aromatic heterocycles. The Balaban J connectivity index is 2.74. The highest BCUT2D eigenvalue weighted by atomic mass is 79.9. The first kappa shape index (κ1) is 10.8. The van der Waals surface area contributed by atoms with Crippen molar-refractivity contribution in [1.29, 1.82) is 0 Å². The molecule has 0 heterocycles. The van der Waals surface area contributed by atoms with Crippen molar-refractivity contribution < 1.29 is 5.11 Å². The Labute approximate surface area is 91.0 Å². The summed E-state index contributed by atoms with van der Waals surface area (Å²) in [7, 11) is 0. The van der Waals surface area contributed by atoms with Gasteiger partial charge in [0.05, 0.1) is 6.61 Å². The Bertz CT molecular complexity index is 291. The molecule has 0 aliphatic carbocycles. The van der Waals surface area contributed by atoms with E-state index in [1.165, 1.54) is 0 Å². The van der Waals surface area contributed by atoms with E-state index in [1.807, 2.05) is 37.3 Å². The number of thioether (sulfide) groups is 1. The monoisotopic (exact) mass is 258 g/mol. The van der Waals surface area contributed by atoms with Crippen LogP contribution < -0.4 is 0 Å². The molecule has 0 bridgehead atoms. The number of hydrogen-bond donors (Lipinski definition) is 1. The summed E-state index contributed by atoms with van der Waals surface area (Å²) in [5.74, 6) is 0. The highest BCUT2D eigenvalue weighted by molar-refractivity contribution is 9.11. The van der Waals surface area contributed by atoms with Gasteiger partial charge in [0.25, 0.3) is 0 Å². The van der Waals surface area contributed by atoms with Gasteiger partial charge in [-0.05, 0) is 19.1 Å². The fraction of sp³-hybridized carbons (Fsp3) is 0.200. The van der Waals surface area contributed by atoms with Gasteiger partial charge in [0.1, 0.15) is 0 Å². The summed E-state index contributed by atoms with van der Waals surface area (Å²) in [6.07, 6.45) is 0. The fourth-order valence-electron chi connectivity index (χ4n) is 0.842. The van der Waals surface area contributed by atoms with Crippen LogP contribution in [0.1, 0.15) is 6.92 Å². The summed E-state index contributed by atoms with van der Waals surface area (Å²) < 4.78 is 0.990. The lowest BCUT2D eigenvalue weighted by atomic mass is 10.4. The van der Waals surface area contributed by atoms with E-state index in [0.29, 0.717) is 0 Å². The maximum atomic E-state index is 9.05. The number of aliphatic hydroxyl groups excluding tert-OH is 1. The summed E-state index contributed by atoms with van der Waals surface area (Å²) in [5, 5.41) is 9.05. The lowest BCUT2D eigenvalue weighted by Gasteiger charge is -2.04. The lowest BCUT2D eigenvalue weighted by Crippen LogP contribution is -1.86. The van der Waals surface area contributed by atoms with E-state index in [9.17, 15) is 0 Å². The van der Waals surface area contributed by atoms with E-state index in [1.54, 1.807) is 11.8 Å². The van der Waals surface area contributed by atoms with Gasteiger partial charge < -0.3 is 5.11 Å². The maximum absolute atomic E-state index is 9.05. The first-order valence-corrected chi connectivity index (χ1v) is 5.54. The molecule has 0 unspecified atom stereocenters. The molecular formula is C10H11BrOS. The molecule has 1 aromatic carbocycles. The van der Waals surface area contributed by atoms with Crippen LogP contribution >= 0.6 is 27.7 Å². The summed E-state index contributed by atoms with van der Waals surface area (Å²) in [5.41, 5.74) is 0. The van der Waals surface area contributed by atoms with Crippen molar-refractivity contribution in [3.63, 3.8) is 0 Å². The summed E-state index contributed by atoms with van der Waals surface area (Å²) in [4.78, 5) is 2.09. The smallest absolute Gasteiger partial charge is 0.0752 e. The lowest BCUT2D eigenvalue weighted by molar-refractivity contribution is 0.339. The molecule has 0 aliphatic heterocycles. The second-order valence-corrected chi connectivity index (χ2v) is 4.89. The number of halogens is 1. The van der Waals surface area contributed by atoms with Crippen LogP contribution in [0.15, 0.2) is 44.6 Å². The summed E-state index contributed by atoms with van der Waals surface area (Å²) in [6.45, 7) is 2.01. The number of benzene rings is 1. The summed E-state index contributed by atoms with van der Waals surface area (Å²) >= 11 is 4.94. The van der Waals surface area contributed by atoms with Crippen molar-refractivity contribution >= 4 is 27.7 Å². The standard InChI is InChI=1S/C10H11BrOS/c1-8(11)10(7-12)13-9-5-3-2-4-6-9/h2-6,12H,7H2,1H3/b10-8+. The van der Waals surface area contributed by atoms with Gasteiger partial charge in [-0.2, -0.15) is 0 Å². The van der Waals surface area contributed by atoms with Crippen LogP contribution in [-0.4, -0.2) is 11.7 Å². The Morgan fingerprint density at radius 3 is 2.46 bits per heavy atom. The molecule has 0 amide bonds. The molecular weight excluding hydrogens is 248 g/mol. The van der Waals surface area contributed by atoms with Crippen molar-refractivity contribution in [3.05, 3.63) is 39.7 Å². The third-order valence-corrected chi connectivity index (χ3v) is 3.44. The van der Waals surface area contributed by atoms with Crippen LogP contribution in [0.25, 0.3) is 0 Å². The van der Waals surface area contributed by atoms with Crippen LogP contribution in [0.5, 0.6) is 0 Å². The first-order valence-electron chi connectivity index (χ1n) is 3.93. The zero-order valence-corrected chi connectivity index (χ0v) is 9.73. The van der Waals surface area contributed by atoms with Crippen molar-refractivity contribution in [2.45, 2.75) is 11.8 Å². The first-order chi connectivity index (χ1) is 6.24. The molecule has 3 heteroatoms. The molecule has 0 aliphatic rings. The molecule has 0 radical (unpaired) electrons. The highest BCUT2D eigenvalue weighted by Gasteiger charge is 2.01. The van der Waals surface area contributed by atoms with Crippen molar-refractivity contribution in [1.82, 2.24) is 0 Å². The fourth-order valence-corrected chi connectivity index (χ4v) is 1.99. The number of hydrogen-bond acceptors (Lipinski definition) is 2. The minimum Gasteiger partial charge on any atom is -0.391 e. The maximum Gasteiger partial charge on any atom is 0.0752 e. The largest absolute Gasteiger partial charge is 0.391 e. The van der Waals surface area contributed by atoms with Gasteiger partial charge >= 0.3 is 0 Å². The highest BCUT2D eigenvalue weighted by Crippen LogP contribution is 2.29. The van der Waals surface area contributed by atoms with Gasteiger partial charge in [0, 0.05) is 14.3 Å². The normalized spacial score (nSPS) is 12.5. The Hall–Kier alpha value is -0.250. The number of rotatable bonds is 3. The predicted octanol–water partition coefficient (Wildman–Crippen LogP) is 3.40. The van der Waals surface area contributed by atoms with E-state index in [0.717, 1.165) is 14.3 Å². The van der Waals surface area contributed by atoms with Gasteiger partial charge in [-0.3, -0.25) is 0 Å². The third-order valence-electron chi connectivity index (χ3n) is 1.51. The van der Waals surface area contributed by atoms with Crippen molar-refractivity contribution in [2.24, 2.45) is 0 Å². The minimum atomic E-state index is 0.0800. The molecule has 0 saturated heterocycles.